The maximum absolute atomic E-state index is 3.72. The van der Waals surface area contributed by atoms with Crippen LogP contribution in [0.2, 0.25) is 0 Å². The molecule has 0 aliphatic heterocycles. The van der Waals surface area contributed by atoms with Crippen LogP contribution >= 0.6 is 0 Å². The Balaban J connectivity index is 3.26. The molecule has 0 amide bonds. The number of hydrogen-bond acceptors (Lipinski definition) is 0. The Morgan fingerprint density at radius 3 is 1.67 bits per heavy atom. The highest BCUT2D eigenvalue weighted by Crippen LogP contribution is 2.05. The average molecular weight is 83.2 g/mol. The Bertz CT molecular complexity index is 51.1. The van der Waals surface area contributed by atoms with Gasteiger partial charge < -0.3 is 0 Å². The molecule has 0 atom stereocenters. The van der Waals surface area contributed by atoms with Gasteiger partial charge in [0.1, 0.15) is 0 Å². The average Bonchev–Trinajstić information content (AvgIpc) is 1.36. The van der Waals surface area contributed by atoms with Crippen LogP contribution in [-0.4, -0.2) is 0 Å². The van der Waals surface area contributed by atoms with Crippen molar-refractivity contribution in [2.75, 3.05) is 0 Å². The molecule has 0 heterocycles. The van der Waals surface area contributed by atoms with Crippen LogP contribution in [0, 0.1) is 5.92 Å². The SMILES string of the molecule is C=C(C)[C-](C)C. The van der Waals surface area contributed by atoms with E-state index in [2.05, 4.69) is 20.4 Å². The lowest BCUT2D eigenvalue weighted by molar-refractivity contribution is 1.12. The van der Waals surface area contributed by atoms with Gasteiger partial charge in [0.2, 0.25) is 0 Å². The molecule has 0 saturated heterocycles. The largest absolute Gasteiger partial charge is 0.242 e. The highest BCUT2D eigenvalue weighted by molar-refractivity contribution is 5.12. The normalized spacial score (nSPS) is 7.83. The molecule has 0 aromatic rings. The maximum atomic E-state index is 3.72. The third-order valence-corrected chi connectivity index (χ3v) is 0.854. The van der Waals surface area contributed by atoms with Crippen molar-refractivity contribution in [1.29, 1.82) is 0 Å². The third kappa shape index (κ3) is 1.89. The summed E-state index contributed by atoms with van der Waals surface area (Å²) in [5, 5.41) is 0. The summed E-state index contributed by atoms with van der Waals surface area (Å²) < 4.78 is 0. The zero-order chi connectivity index (χ0) is 5.15. The van der Waals surface area contributed by atoms with Gasteiger partial charge in [-0.3, -0.25) is 0 Å². The first kappa shape index (κ1) is 5.61. The standard InChI is InChI=1S/C6H11/c1-5(2)6(3)4/h1H2,2-4H3/q-1. The van der Waals surface area contributed by atoms with Crippen molar-refractivity contribution in [2.24, 2.45) is 0 Å². The molecule has 0 heteroatoms. The lowest BCUT2D eigenvalue weighted by Crippen LogP contribution is -1.80. The van der Waals surface area contributed by atoms with E-state index in [1.54, 1.807) is 0 Å². The Labute approximate surface area is 39.9 Å². The topological polar surface area (TPSA) is 0 Å². The van der Waals surface area contributed by atoms with Gasteiger partial charge in [-0.15, -0.1) is 13.8 Å². The minimum atomic E-state index is 1.18. The summed E-state index contributed by atoms with van der Waals surface area (Å²) in [4.78, 5) is 0. The van der Waals surface area contributed by atoms with Gasteiger partial charge in [0.05, 0.1) is 0 Å². The Morgan fingerprint density at radius 2 is 1.67 bits per heavy atom. The van der Waals surface area contributed by atoms with Crippen LogP contribution in [0.5, 0.6) is 0 Å². The van der Waals surface area contributed by atoms with E-state index in [0.29, 0.717) is 0 Å². The van der Waals surface area contributed by atoms with Gasteiger partial charge in [-0.1, -0.05) is 6.92 Å². The van der Waals surface area contributed by atoms with Gasteiger partial charge in [0.25, 0.3) is 0 Å². The molecule has 0 aliphatic rings. The molecule has 0 unspecified atom stereocenters. The van der Waals surface area contributed by atoms with E-state index < -0.39 is 0 Å². The number of hydrogen-bond donors (Lipinski definition) is 0. The first-order valence-corrected chi connectivity index (χ1v) is 2.10. The molecule has 0 rings (SSSR count). The van der Waals surface area contributed by atoms with E-state index in [1.165, 1.54) is 11.5 Å². The molecule has 0 N–H and O–H groups in total. The summed E-state index contributed by atoms with van der Waals surface area (Å²) in [6, 6.07) is 0. The summed E-state index contributed by atoms with van der Waals surface area (Å²) in [5.74, 6) is 1.31. The van der Waals surface area contributed by atoms with Gasteiger partial charge in [-0.2, -0.15) is 0 Å². The van der Waals surface area contributed by atoms with E-state index >= 15 is 0 Å². The molecule has 36 valence electrons. The van der Waals surface area contributed by atoms with E-state index in [9.17, 15) is 0 Å². The van der Waals surface area contributed by atoms with Crippen molar-refractivity contribution in [2.45, 2.75) is 20.8 Å². The molecule has 0 bridgehead atoms. The van der Waals surface area contributed by atoms with Crippen molar-refractivity contribution < 1.29 is 0 Å². The van der Waals surface area contributed by atoms with Gasteiger partial charge in [0, 0.05) is 0 Å². The third-order valence-electron chi connectivity index (χ3n) is 0.854. The quantitative estimate of drug-likeness (QED) is 0.426. The van der Waals surface area contributed by atoms with E-state index in [-0.39, 0.29) is 0 Å². The molecule has 0 aromatic heterocycles. The molecule has 0 saturated carbocycles. The maximum Gasteiger partial charge on any atom is -0.0733 e. The van der Waals surface area contributed by atoms with Crippen LogP contribution in [0.25, 0.3) is 0 Å². The highest BCUT2D eigenvalue weighted by Gasteiger charge is 1.74. The van der Waals surface area contributed by atoms with Crippen molar-refractivity contribution in [3.05, 3.63) is 18.1 Å². The fourth-order valence-corrected chi connectivity index (χ4v) is 0. The van der Waals surface area contributed by atoms with E-state index in [1.807, 2.05) is 6.92 Å². The van der Waals surface area contributed by atoms with Crippen molar-refractivity contribution in [3.8, 4) is 0 Å². The second-order valence-corrected chi connectivity index (χ2v) is 1.78. The molecular weight excluding hydrogens is 72.1 g/mol. The molecule has 6 heavy (non-hydrogen) atoms. The Kier molecular flexibility index (Phi) is 1.78. The van der Waals surface area contributed by atoms with Crippen LogP contribution in [0.1, 0.15) is 20.8 Å². The summed E-state index contributed by atoms with van der Waals surface area (Å²) >= 11 is 0. The van der Waals surface area contributed by atoms with E-state index in [0.717, 1.165) is 0 Å². The number of allylic oxidation sites excluding steroid dienone is 1. The molecule has 0 spiro atoms. The van der Waals surface area contributed by atoms with Gasteiger partial charge in [-0.05, 0) is 0 Å². The van der Waals surface area contributed by atoms with Crippen LogP contribution in [0.4, 0.5) is 0 Å². The molecule has 0 fully saturated rings. The van der Waals surface area contributed by atoms with Crippen molar-refractivity contribution in [3.63, 3.8) is 0 Å². The lowest BCUT2D eigenvalue weighted by Gasteiger charge is -2.11. The second-order valence-electron chi connectivity index (χ2n) is 1.78. The predicted molar refractivity (Wildman–Crippen MR) is 29.4 cm³/mol. The fourth-order valence-electron chi connectivity index (χ4n) is 0. The lowest BCUT2D eigenvalue weighted by atomic mass is 10.1. The highest BCUT2D eigenvalue weighted by atomic mass is 13.9. The number of rotatable bonds is 1. The molecule has 0 aliphatic carbocycles. The zero-order valence-corrected chi connectivity index (χ0v) is 4.71. The zero-order valence-electron chi connectivity index (χ0n) is 4.71. The minimum absolute atomic E-state index is 1.18. The van der Waals surface area contributed by atoms with Crippen molar-refractivity contribution in [1.82, 2.24) is 0 Å². The molecular formula is C6H11-. The van der Waals surface area contributed by atoms with Gasteiger partial charge in [0.15, 0.2) is 0 Å². The van der Waals surface area contributed by atoms with E-state index in [4.69, 9.17) is 0 Å². The van der Waals surface area contributed by atoms with Crippen LogP contribution in [0.15, 0.2) is 12.2 Å². The first-order chi connectivity index (χ1) is 2.64. The Hall–Kier alpha value is -0.390. The smallest absolute Gasteiger partial charge is 0.0733 e. The van der Waals surface area contributed by atoms with Crippen LogP contribution < -0.4 is 0 Å². The second kappa shape index (κ2) is 1.91. The summed E-state index contributed by atoms with van der Waals surface area (Å²) in [6.07, 6.45) is 0. The summed E-state index contributed by atoms with van der Waals surface area (Å²) in [7, 11) is 0. The fraction of sp³-hybridized carbons (Fsp3) is 0.500. The first-order valence-electron chi connectivity index (χ1n) is 2.10. The predicted octanol–water partition coefficient (Wildman–Crippen LogP) is 2.18. The van der Waals surface area contributed by atoms with Gasteiger partial charge >= 0.3 is 0 Å². The summed E-state index contributed by atoms with van der Waals surface area (Å²) in [5.41, 5.74) is 1.18. The minimum Gasteiger partial charge on any atom is -0.242 e. The molecule has 0 nitrogen and oxygen atoms in total. The summed E-state index contributed by atoms with van der Waals surface area (Å²) in [6.45, 7) is 9.84. The van der Waals surface area contributed by atoms with Gasteiger partial charge in [-0.25, -0.2) is 18.1 Å². The van der Waals surface area contributed by atoms with Crippen molar-refractivity contribution >= 4 is 0 Å². The molecule has 0 radical (unpaired) electrons. The van der Waals surface area contributed by atoms with Crippen LogP contribution in [-0.2, 0) is 0 Å². The monoisotopic (exact) mass is 83.1 g/mol. The molecule has 0 aromatic carbocycles. The van der Waals surface area contributed by atoms with Crippen LogP contribution in [0.3, 0.4) is 0 Å². The Morgan fingerprint density at radius 1 is 1.50 bits per heavy atom.